The van der Waals surface area contributed by atoms with Crippen molar-refractivity contribution in [1.29, 1.82) is 0 Å². The number of halogens is 2. The molecule has 0 heterocycles. The van der Waals surface area contributed by atoms with Crippen LogP contribution >= 0.6 is 0 Å². The van der Waals surface area contributed by atoms with Crippen molar-refractivity contribution >= 4 is 0 Å². The summed E-state index contributed by atoms with van der Waals surface area (Å²) < 4.78 is 26.1. The molecule has 0 N–H and O–H groups in total. The van der Waals surface area contributed by atoms with Gasteiger partial charge in [0.2, 0.25) is 5.92 Å². The van der Waals surface area contributed by atoms with Gasteiger partial charge in [0.1, 0.15) is 0 Å². The molecule has 0 radical (unpaired) electrons. The zero-order valence-corrected chi connectivity index (χ0v) is 13.2. The van der Waals surface area contributed by atoms with Crippen LogP contribution in [0.3, 0.4) is 0 Å². The van der Waals surface area contributed by atoms with E-state index in [9.17, 15) is 8.78 Å². The summed E-state index contributed by atoms with van der Waals surface area (Å²) in [5.74, 6) is -0.0310. The maximum atomic E-state index is 13.1. The molecule has 2 fully saturated rings. The van der Waals surface area contributed by atoms with Gasteiger partial charge in [0.05, 0.1) is 0 Å². The molecule has 2 saturated carbocycles. The third-order valence-electron chi connectivity index (χ3n) is 5.66. The third kappa shape index (κ3) is 5.33. The molecule has 0 atom stereocenters. The van der Waals surface area contributed by atoms with Crippen LogP contribution in [-0.4, -0.2) is 5.92 Å². The standard InChI is InChI=1S/C18H32F2/c1-18(19,20)14-8-13-17(15-9-4-2-5-10-15)16-11-6-3-7-12-16/h15-17H,2-14H2,1H3. The molecule has 2 rings (SSSR count). The SMILES string of the molecule is CC(F)(F)CCCC(C1CCCCC1)C1CCCCC1. The summed E-state index contributed by atoms with van der Waals surface area (Å²) in [7, 11) is 0. The van der Waals surface area contributed by atoms with E-state index in [0.717, 1.165) is 37.5 Å². The molecule has 2 aliphatic rings. The Bertz CT molecular complexity index is 239. The first-order valence-corrected chi connectivity index (χ1v) is 8.94. The zero-order chi connectivity index (χ0) is 14.4. The van der Waals surface area contributed by atoms with Crippen LogP contribution in [0, 0.1) is 17.8 Å². The highest BCUT2D eigenvalue weighted by molar-refractivity contribution is 4.82. The molecule has 0 amide bonds. The molecule has 2 aliphatic carbocycles. The normalized spacial score (nSPS) is 23.4. The summed E-state index contributed by atoms with van der Waals surface area (Å²) >= 11 is 0. The van der Waals surface area contributed by atoms with Crippen LogP contribution in [0.25, 0.3) is 0 Å². The van der Waals surface area contributed by atoms with Gasteiger partial charge in [0.15, 0.2) is 0 Å². The molecule has 0 spiro atoms. The van der Waals surface area contributed by atoms with Crippen molar-refractivity contribution in [3.05, 3.63) is 0 Å². The van der Waals surface area contributed by atoms with Crippen molar-refractivity contribution in [2.24, 2.45) is 17.8 Å². The van der Waals surface area contributed by atoms with E-state index in [1.165, 1.54) is 64.2 Å². The summed E-state index contributed by atoms with van der Waals surface area (Å²) in [6, 6.07) is 0. The lowest BCUT2D eigenvalue weighted by atomic mass is 9.68. The smallest absolute Gasteiger partial charge is 0.207 e. The maximum absolute atomic E-state index is 13.1. The fourth-order valence-electron chi connectivity index (χ4n) is 4.63. The van der Waals surface area contributed by atoms with Crippen LogP contribution in [-0.2, 0) is 0 Å². The lowest BCUT2D eigenvalue weighted by Gasteiger charge is -2.38. The predicted molar refractivity (Wildman–Crippen MR) is 81.1 cm³/mol. The molecule has 0 aromatic carbocycles. The van der Waals surface area contributed by atoms with Crippen LogP contribution in [0.1, 0.15) is 90.4 Å². The average Bonchev–Trinajstić information content (AvgIpc) is 2.44. The zero-order valence-electron chi connectivity index (χ0n) is 13.2. The van der Waals surface area contributed by atoms with Gasteiger partial charge in [-0.05, 0) is 37.5 Å². The minimum Gasteiger partial charge on any atom is -0.207 e. The topological polar surface area (TPSA) is 0 Å². The molecular formula is C18H32F2. The number of alkyl halides is 2. The van der Waals surface area contributed by atoms with Crippen molar-refractivity contribution in [2.75, 3.05) is 0 Å². The average molecular weight is 286 g/mol. The van der Waals surface area contributed by atoms with E-state index in [-0.39, 0.29) is 6.42 Å². The van der Waals surface area contributed by atoms with E-state index in [1.807, 2.05) is 0 Å². The highest BCUT2D eigenvalue weighted by Gasteiger charge is 2.31. The minimum absolute atomic E-state index is 0.0862. The lowest BCUT2D eigenvalue weighted by molar-refractivity contribution is 0.00637. The molecule has 0 bridgehead atoms. The number of hydrogen-bond acceptors (Lipinski definition) is 0. The first kappa shape index (κ1) is 16.2. The summed E-state index contributed by atoms with van der Waals surface area (Å²) in [5, 5.41) is 0. The van der Waals surface area contributed by atoms with Gasteiger partial charge in [-0.25, -0.2) is 8.78 Å². The fraction of sp³-hybridized carbons (Fsp3) is 1.00. The van der Waals surface area contributed by atoms with Gasteiger partial charge in [0.25, 0.3) is 0 Å². The molecule has 0 aromatic rings. The highest BCUT2D eigenvalue weighted by atomic mass is 19.3. The Morgan fingerprint density at radius 3 is 1.70 bits per heavy atom. The van der Waals surface area contributed by atoms with Gasteiger partial charge >= 0.3 is 0 Å². The summed E-state index contributed by atoms with van der Waals surface area (Å²) in [6.45, 7) is 1.07. The quantitative estimate of drug-likeness (QED) is 0.516. The second-order valence-corrected chi connectivity index (χ2v) is 7.42. The summed E-state index contributed by atoms with van der Waals surface area (Å²) in [5.41, 5.74) is 0. The van der Waals surface area contributed by atoms with Gasteiger partial charge in [-0.2, -0.15) is 0 Å². The van der Waals surface area contributed by atoms with Crippen molar-refractivity contribution in [3.8, 4) is 0 Å². The predicted octanol–water partition coefficient (Wildman–Crippen LogP) is 6.59. The van der Waals surface area contributed by atoms with E-state index in [1.54, 1.807) is 0 Å². The van der Waals surface area contributed by atoms with Gasteiger partial charge < -0.3 is 0 Å². The van der Waals surface area contributed by atoms with E-state index in [4.69, 9.17) is 0 Å². The molecule has 0 aliphatic heterocycles. The van der Waals surface area contributed by atoms with E-state index in [2.05, 4.69) is 0 Å². The monoisotopic (exact) mass is 286 g/mol. The Labute approximate surface area is 123 Å². The van der Waals surface area contributed by atoms with Gasteiger partial charge in [-0.15, -0.1) is 0 Å². The Morgan fingerprint density at radius 1 is 0.850 bits per heavy atom. The second kappa shape index (κ2) is 7.75. The second-order valence-electron chi connectivity index (χ2n) is 7.42. The summed E-state index contributed by atoms with van der Waals surface area (Å²) in [4.78, 5) is 0. The van der Waals surface area contributed by atoms with Crippen molar-refractivity contribution in [2.45, 2.75) is 96.3 Å². The van der Waals surface area contributed by atoms with E-state index < -0.39 is 5.92 Å². The van der Waals surface area contributed by atoms with Crippen molar-refractivity contribution in [3.63, 3.8) is 0 Å². The largest absolute Gasteiger partial charge is 0.245 e. The Balaban J connectivity index is 1.88. The van der Waals surface area contributed by atoms with Crippen molar-refractivity contribution < 1.29 is 8.78 Å². The molecule has 118 valence electrons. The Hall–Kier alpha value is -0.140. The Morgan fingerprint density at radius 2 is 1.30 bits per heavy atom. The van der Waals surface area contributed by atoms with E-state index >= 15 is 0 Å². The third-order valence-corrected chi connectivity index (χ3v) is 5.66. The summed E-state index contributed by atoms with van der Waals surface area (Å²) in [6.07, 6.45) is 15.6. The molecule has 0 nitrogen and oxygen atoms in total. The number of rotatable bonds is 6. The van der Waals surface area contributed by atoms with Crippen LogP contribution in [0.2, 0.25) is 0 Å². The highest BCUT2D eigenvalue weighted by Crippen LogP contribution is 2.42. The first-order chi connectivity index (χ1) is 9.56. The fourth-order valence-corrected chi connectivity index (χ4v) is 4.63. The molecule has 0 aromatic heterocycles. The molecule has 0 saturated heterocycles. The van der Waals surface area contributed by atoms with Crippen LogP contribution in [0.4, 0.5) is 8.78 Å². The van der Waals surface area contributed by atoms with Crippen LogP contribution in [0.15, 0.2) is 0 Å². The molecular weight excluding hydrogens is 254 g/mol. The molecule has 20 heavy (non-hydrogen) atoms. The van der Waals surface area contributed by atoms with Gasteiger partial charge in [0, 0.05) is 6.42 Å². The maximum Gasteiger partial charge on any atom is 0.245 e. The van der Waals surface area contributed by atoms with Crippen LogP contribution in [0.5, 0.6) is 0 Å². The molecule has 0 unspecified atom stereocenters. The van der Waals surface area contributed by atoms with Crippen LogP contribution < -0.4 is 0 Å². The van der Waals surface area contributed by atoms with Gasteiger partial charge in [-0.1, -0.05) is 64.2 Å². The van der Waals surface area contributed by atoms with Gasteiger partial charge in [-0.3, -0.25) is 0 Å². The minimum atomic E-state index is -2.47. The lowest BCUT2D eigenvalue weighted by Crippen LogP contribution is -2.27. The van der Waals surface area contributed by atoms with E-state index in [0.29, 0.717) is 0 Å². The van der Waals surface area contributed by atoms with Crippen molar-refractivity contribution in [1.82, 2.24) is 0 Å². The first-order valence-electron chi connectivity index (χ1n) is 8.94. The number of hydrogen-bond donors (Lipinski definition) is 0. The molecule has 2 heteroatoms. The Kier molecular flexibility index (Phi) is 6.29.